The molecule has 0 saturated carbocycles. The first-order valence-electron chi connectivity index (χ1n) is 5.26. The Morgan fingerprint density at radius 2 is 1.69 bits per heavy atom. The predicted octanol–water partition coefficient (Wildman–Crippen LogP) is 3.26. The number of hydrazine groups is 1. The van der Waals surface area contributed by atoms with Crippen LogP contribution >= 0.6 is 11.6 Å². The minimum atomic E-state index is 0.607. The topological polar surface area (TPSA) is 55.3 Å². The monoisotopic (exact) mass is 241 g/mol. The number of anilines is 1. The predicted molar refractivity (Wildman–Crippen MR) is 72.0 cm³/mol. The van der Waals surface area contributed by atoms with E-state index in [0.29, 0.717) is 10.7 Å². The third-order valence-electron chi connectivity index (χ3n) is 2.04. The maximum absolute atomic E-state index is 5.98. The molecule has 0 amide bonds. The second-order valence-electron chi connectivity index (χ2n) is 3.09. The van der Waals surface area contributed by atoms with Crippen LogP contribution in [0.4, 0.5) is 5.69 Å². The van der Waals surface area contributed by atoms with Crippen LogP contribution in [0.25, 0.3) is 0 Å². The first kappa shape index (κ1) is 14.8. The van der Waals surface area contributed by atoms with Gasteiger partial charge in [-0.15, -0.1) is 0 Å². The van der Waals surface area contributed by atoms with Gasteiger partial charge in [0.2, 0.25) is 0 Å². The highest BCUT2D eigenvalue weighted by Gasteiger charge is 2.08. The maximum atomic E-state index is 5.98. The molecular formula is C12H20ClN3. The van der Waals surface area contributed by atoms with E-state index in [9.17, 15) is 0 Å². The van der Waals surface area contributed by atoms with E-state index in [1.807, 2.05) is 39.0 Å². The summed E-state index contributed by atoms with van der Waals surface area (Å²) in [5, 5.41) is 2.09. The lowest BCUT2D eigenvalue weighted by Crippen LogP contribution is -2.30. The van der Waals surface area contributed by atoms with Crippen LogP contribution in [0.15, 0.2) is 35.7 Å². The number of halogens is 1. The van der Waals surface area contributed by atoms with Crippen LogP contribution in [-0.4, -0.2) is 0 Å². The Labute approximate surface area is 103 Å². The third-order valence-corrected chi connectivity index (χ3v) is 2.36. The van der Waals surface area contributed by atoms with E-state index in [-0.39, 0.29) is 0 Å². The number of nitrogens with zero attached hydrogens (tertiary/aromatic N) is 1. The van der Waals surface area contributed by atoms with Gasteiger partial charge in [0, 0.05) is 5.70 Å². The standard InChI is InChI=1S/C10H14ClN3.C2H6/c1-7(12)8(2)14(13)10-6-4-3-5-9(10)11;1-2/h3-6H,12-13H2,1-2H3;1-2H3/b8-7-;. The first-order valence-corrected chi connectivity index (χ1v) is 5.64. The molecule has 0 saturated heterocycles. The fraction of sp³-hybridized carbons (Fsp3) is 0.333. The summed E-state index contributed by atoms with van der Waals surface area (Å²) in [6.45, 7) is 7.64. The molecule has 3 nitrogen and oxygen atoms in total. The highest BCUT2D eigenvalue weighted by atomic mass is 35.5. The van der Waals surface area contributed by atoms with Crippen LogP contribution in [-0.2, 0) is 0 Å². The van der Waals surface area contributed by atoms with Gasteiger partial charge in [-0.2, -0.15) is 0 Å². The second-order valence-corrected chi connectivity index (χ2v) is 3.50. The molecule has 0 fully saturated rings. The first-order chi connectivity index (χ1) is 7.54. The molecule has 0 bridgehead atoms. The number of benzene rings is 1. The number of rotatable bonds is 2. The highest BCUT2D eigenvalue weighted by Crippen LogP contribution is 2.25. The van der Waals surface area contributed by atoms with E-state index in [2.05, 4.69) is 0 Å². The molecule has 0 radical (unpaired) electrons. The van der Waals surface area contributed by atoms with E-state index < -0.39 is 0 Å². The minimum absolute atomic E-state index is 0.607. The fourth-order valence-electron chi connectivity index (χ4n) is 1.02. The Morgan fingerprint density at radius 3 is 2.12 bits per heavy atom. The van der Waals surface area contributed by atoms with Crippen molar-refractivity contribution in [1.29, 1.82) is 0 Å². The molecule has 0 aliphatic heterocycles. The quantitative estimate of drug-likeness (QED) is 0.617. The summed E-state index contributed by atoms with van der Waals surface area (Å²) in [5.41, 5.74) is 7.85. The number of allylic oxidation sites excluding steroid dienone is 2. The molecule has 4 heteroatoms. The third kappa shape index (κ3) is 3.76. The lowest BCUT2D eigenvalue weighted by Gasteiger charge is -2.21. The van der Waals surface area contributed by atoms with Crippen molar-refractivity contribution in [2.24, 2.45) is 11.6 Å². The molecule has 0 aliphatic carbocycles. The Balaban J connectivity index is 0.00000106. The SMILES string of the molecule is C/C(N)=C(\C)N(N)c1ccccc1Cl.CC. The normalized spacial score (nSPS) is 11.1. The molecule has 16 heavy (non-hydrogen) atoms. The summed E-state index contributed by atoms with van der Waals surface area (Å²) in [5.74, 6) is 5.85. The highest BCUT2D eigenvalue weighted by molar-refractivity contribution is 6.33. The summed E-state index contributed by atoms with van der Waals surface area (Å²) >= 11 is 5.98. The molecule has 0 aliphatic rings. The number of para-hydroxylation sites is 1. The van der Waals surface area contributed by atoms with Gasteiger partial charge in [-0.3, -0.25) is 5.01 Å². The summed E-state index contributed by atoms with van der Waals surface area (Å²) in [4.78, 5) is 0. The molecule has 4 N–H and O–H groups in total. The van der Waals surface area contributed by atoms with Crippen molar-refractivity contribution in [2.75, 3.05) is 5.01 Å². The molecule has 0 heterocycles. The average molecular weight is 242 g/mol. The van der Waals surface area contributed by atoms with Crippen molar-refractivity contribution in [3.05, 3.63) is 40.7 Å². The Morgan fingerprint density at radius 1 is 1.19 bits per heavy atom. The van der Waals surface area contributed by atoms with Crippen LogP contribution in [0.5, 0.6) is 0 Å². The van der Waals surface area contributed by atoms with Gasteiger partial charge < -0.3 is 5.73 Å². The van der Waals surface area contributed by atoms with Crippen molar-refractivity contribution in [1.82, 2.24) is 0 Å². The van der Waals surface area contributed by atoms with Crippen LogP contribution in [0.3, 0.4) is 0 Å². The van der Waals surface area contributed by atoms with Gasteiger partial charge >= 0.3 is 0 Å². The van der Waals surface area contributed by atoms with Gasteiger partial charge in [-0.1, -0.05) is 37.6 Å². The van der Waals surface area contributed by atoms with Crippen LogP contribution < -0.4 is 16.6 Å². The van der Waals surface area contributed by atoms with Gasteiger partial charge in [-0.05, 0) is 26.0 Å². The van der Waals surface area contributed by atoms with E-state index in [0.717, 1.165) is 11.4 Å². The second kappa shape index (κ2) is 7.14. The summed E-state index contributed by atoms with van der Waals surface area (Å²) < 4.78 is 0. The molecule has 90 valence electrons. The molecule has 0 atom stereocenters. The van der Waals surface area contributed by atoms with Gasteiger partial charge in [0.1, 0.15) is 0 Å². The Hall–Kier alpha value is -1.19. The molecule has 0 unspecified atom stereocenters. The minimum Gasteiger partial charge on any atom is -0.401 e. The molecule has 0 aromatic heterocycles. The smallest absolute Gasteiger partial charge is 0.0758 e. The van der Waals surface area contributed by atoms with Crippen molar-refractivity contribution < 1.29 is 0 Å². The van der Waals surface area contributed by atoms with Crippen molar-refractivity contribution in [3.63, 3.8) is 0 Å². The molecule has 1 rings (SSSR count). The number of hydrogen-bond acceptors (Lipinski definition) is 3. The Bertz CT molecular complexity index is 357. The van der Waals surface area contributed by atoms with Gasteiger partial charge in [0.05, 0.1) is 16.4 Å². The van der Waals surface area contributed by atoms with Gasteiger partial charge in [0.25, 0.3) is 0 Å². The maximum Gasteiger partial charge on any atom is 0.0758 e. The van der Waals surface area contributed by atoms with Gasteiger partial charge in [0.15, 0.2) is 0 Å². The number of nitrogens with two attached hydrogens (primary N) is 2. The summed E-state index contributed by atoms with van der Waals surface area (Å²) in [6, 6.07) is 7.36. The zero-order chi connectivity index (χ0) is 12.7. The van der Waals surface area contributed by atoms with Crippen molar-refractivity contribution >= 4 is 17.3 Å². The number of hydrogen-bond donors (Lipinski definition) is 2. The van der Waals surface area contributed by atoms with E-state index in [4.69, 9.17) is 23.2 Å². The average Bonchev–Trinajstić information content (AvgIpc) is 2.30. The largest absolute Gasteiger partial charge is 0.401 e. The summed E-state index contributed by atoms with van der Waals surface area (Å²) in [6.07, 6.45) is 0. The lowest BCUT2D eigenvalue weighted by atomic mass is 10.3. The van der Waals surface area contributed by atoms with Crippen LogP contribution in [0.2, 0.25) is 5.02 Å². The molecule has 1 aromatic rings. The zero-order valence-corrected chi connectivity index (χ0v) is 11.0. The molecular weight excluding hydrogens is 222 g/mol. The van der Waals surface area contributed by atoms with Crippen LogP contribution in [0.1, 0.15) is 27.7 Å². The van der Waals surface area contributed by atoms with Crippen molar-refractivity contribution in [2.45, 2.75) is 27.7 Å². The van der Waals surface area contributed by atoms with E-state index in [1.54, 1.807) is 13.0 Å². The van der Waals surface area contributed by atoms with Crippen LogP contribution in [0, 0.1) is 0 Å². The van der Waals surface area contributed by atoms with Gasteiger partial charge in [-0.25, -0.2) is 5.84 Å². The Kier molecular flexibility index (Phi) is 6.61. The van der Waals surface area contributed by atoms with Crippen molar-refractivity contribution in [3.8, 4) is 0 Å². The summed E-state index contributed by atoms with van der Waals surface area (Å²) in [7, 11) is 0. The fourth-order valence-corrected chi connectivity index (χ4v) is 1.24. The van der Waals surface area contributed by atoms with E-state index in [1.165, 1.54) is 5.01 Å². The zero-order valence-electron chi connectivity index (χ0n) is 10.3. The lowest BCUT2D eigenvalue weighted by molar-refractivity contribution is 0.961. The molecule has 0 spiro atoms. The van der Waals surface area contributed by atoms with E-state index >= 15 is 0 Å². The molecule has 1 aromatic carbocycles.